The first-order valence-corrected chi connectivity index (χ1v) is 10.7. The molecule has 5 aromatic rings. The molecule has 0 aliphatic heterocycles. The van der Waals surface area contributed by atoms with Gasteiger partial charge in [-0.25, -0.2) is 9.37 Å². The quantitative estimate of drug-likeness (QED) is 0.288. The van der Waals surface area contributed by atoms with Crippen LogP contribution in [0, 0.1) is 5.82 Å². The van der Waals surface area contributed by atoms with E-state index < -0.39 is 29.0 Å². The molecule has 0 amide bonds. The molecule has 0 bridgehead atoms. The summed E-state index contributed by atoms with van der Waals surface area (Å²) in [6.07, 6.45) is 1.13. The third-order valence-electron chi connectivity index (χ3n) is 5.50. The first-order valence-electron chi connectivity index (χ1n) is 10.7. The maximum atomic E-state index is 14.0. The van der Waals surface area contributed by atoms with Crippen molar-refractivity contribution < 1.29 is 22.3 Å². The lowest BCUT2D eigenvalue weighted by molar-refractivity contribution is -0.138. The van der Waals surface area contributed by atoms with Crippen molar-refractivity contribution in [1.82, 2.24) is 19.5 Å². The topological polar surface area (TPSA) is 69.9 Å². The van der Waals surface area contributed by atoms with Crippen LogP contribution in [0.2, 0.25) is 0 Å². The molecule has 0 atom stereocenters. The maximum absolute atomic E-state index is 14.0. The highest BCUT2D eigenvalue weighted by molar-refractivity contribution is 5.80. The fourth-order valence-electron chi connectivity index (χ4n) is 3.84. The summed E-state index contributed by atoms with van der Waals surface area (Å²) in [5.74, 6) is -1.03. The number of rotatable bonds is 5. The Morgan fingerprint density at radius 3 is 2.56 bits per heavy atom. The summed E-state index contributed by atoms with van der Waals surface area (Å²) < 4.78 is 61.0. The molecule has 36 heavy (non-hydrogen) atoms. The molecule has 0 saturated carbocycles. The molecular formula is C26H16F4N4O2. The van der Waals surface area contributed by atoms with Gasteiger partial charge in [0.15, 0.2) is 0 Å². The molecular weight excluding hydrogens is 476 g/mol. The van der Waals surface area contributed by atoms with Gasteiger partial charge in [-0.3, -0.25) is 9.78 Å². The van der Waals surface area contributed by atoms with Gasteiger partial charge in [0, 0.05) is 30.7 Å². The second-order valence-electron chi connectivity index (χ2n) is 7.86. The number of alkyl halides is 3. The number of hydrogen-bond acceptors (Lipinski definition) is 5. The van der Waals surface area contributed by atoms with Crippen LogP contribution in [-0.4, -0.2) is 19.5 Å². The highest BCUT2D eigenvalue weighted by atomic mass is 19.4. The van der Waals surface area contributed by atoms with Gasteiger partial charge in [-0.05, 0) is 59.7 Å². The van der Waals surface area contributed by atoms with Crippen LogP contribution in [0.25, 0.3) is 22.0 Å². The summed E-state index contributed by atoms with van der Waals surface area (Å²) >= 11 is 0. The fraction of sp³-hybridized carbons (Fsp3) is 0.0769. The van der Waals surface area contributed by atoms with Gasteiger partial charge in [-0.2, -0.15) is 18.2 Å². The van der Waals surface area contributed by atoms with Crippen molar-refractivity contribution in [3.63, 3.8) is 0 Å². The van der Waals surface area contributed by atoms with E-state index in [1.807, 2.05) is 6.07 Å². The number of nitrogens with zero attached hydrogens (tertiary/aromatic N) is 4. The molecule has 0 aliphatic carbocycles. The Labute approximate surface area is 201 Å². The Bertz CT molecular complexity index is 1620. The van der Waals surface area contributed by atoms with Gasteiger partial charge in [0.2, 0.25) is 5.88 Å². The molecule has 0 saturated heterocycles. The van der Waals surface area contributed by atoms with E-state index in [4.69, 9.17) is 4.74 Å². The van der Waals surface area contributed by atoms with E-state index in [0.717, 1.165) is 23.3 Å². The Morgan fingerprint density at radius 1 is 0.944 bits per heavy atom. The zero-order chi connectivity index (χ0) is 25.3. The predicted octanol–water partition coefficient (Wildman–Crippen LogP) is 5.85. The van der Waals surface area contributed by atoms with E-state index in [2.05, 4.69) is 15.0 Å². The smallest absolute Gasteiger partial charge is 0.421 e. The molecule has 0 unspecified atom stereocenters. The largest absolute Gasteiger partial charge is 0.438 e. The van der Waals surface area contributed by atoms with E-state index in [9.17, 15) is 22.4 Å². The average molecular weight is 492 g/mol. The van der Waals surface area contributed by atoms with Gasteiger partial charge in [-0.15, -0.1) is 0 Å². The van der Waals surface area contributed by atoms with Crippen molar-refractivity contribution in [2.75, 3.05) is 0 Å². The van der Waals surface area contributed by atoms with Gasteiger partial charge in [0.25, 0.3) is 5.56 Å². The van der Waals surface area contributed by atoms with E-state index in [-0.39, 0.29) is 17.7 Å². The molecule has 0 spiro atoms. The number of halogens is 4. The van der Waals surface area contributed by atoms with E-state index >= 15 is 0 Å². The first kappa shape index (κ1) is 23.2. The minimum absolute atomic E-state index is 0.00109. The molecule has 3 heterocycles. The molecule has 0 N–H and O–H groups in total. The highest BCUT2D eigenvalue weighted by Gasteiger charge is 2.35. The van der Waals surface area contributed by atoms with Gasteiger partial charge in [0.1, 0.15) is 17.1 Å². The van der Waals surface area contributed by atoms with Crippen LogP contribution in [0.3, 0.4) is 0 Å². The number of benzene rings is 2. The number of pyridine rings is 2. The summed E-state index contributed by atoms with van der Waals surface area (Å²) in [6.45, 7) is 0.243. The first-order chi connectivity index (χ1) is 17.3. The van der Waals surface area contributed by atoms with E-state index in [0.29, 0.717) is 11.1 Å². The minimum atomic E-state index is -4.66. The van der Waals surface area contributed by atoms with Crippen LogP contribution in [0.5, 0.6) is 11.6 Å². The van der Waals surface area contributed by atoms with E-state index in [1.165, 1.54) is 36.8 Å². The van der Waals surface area contributed by atoms with Crippen molar-refractivity contribution >= 4 is 10.9 Å². The Kier molecular flexibility index (Phi) is 5.93. The van der Waals surface area contributed by atoms with Crippen LogP contribution in [-0.2, 0) is 12.7 Å². The summed E-state index contributed by atoms with van der Waals surface area (Å²) in [4.78, 5) is 24.2. The number of hydrogen-bond donors (Lipinski definition) is 0. The van der Waals surface area contributed by atoms with Crippen LogP contribution in [0.1, 0.15) is 11.1 Å². The van der Waals surface area contributed by atoms with Crippen molar-refractivity contribution in [2.24, 2.45) is 0 Å². The Balaban J connectivity index is 1.54. The molecule has 2 aromatic carbocycles. The lowest BCUT2D eigenvalue weighted by atomic mass is 10.0. The summed E-state index contributed by atoms with van der Waals surface area (Å²) in [7, 11) is 0. The summed E-state index contributed by atoms with van der Waals surface area (Å²) in [6, 6.07) is 14.3. The maximum Gasteiger partial charge on any atom is 0.421 e. The van der Waals surface area contributed by atoms with Crippen LogP contribution in [0.4, 0.5) is 17.6 Å². The fourth-order valence-corrected chi connectivity index (χ4v) is 3.84. The third-order valence-corrected chi connectivity index (χ3v) is 5.50. The number of aromatic nitrogens is 4. The summed E-state index contributed by atoms with van der Waals surface area (Å²) in [5, 5.41) is 0.143. The molecule has 6 nitrogen and oxygen atoms in total. The predicted molar refractivity (Wildman–Crippen MR) is 124 cm³/mol. The molecule has 5 rings (SSSR count). The summed E-state index contributed by atoms with van der Waals surface area (Å²) in [5.41, 5.74) is 0.963. The molecule has 10 heteroatoms. The van der Waals surface area contributed by atoms with E-state index in [1.54, 1.807) is 35.2 Å². The Hall–Kier alpha value is -4.60. The van der Waals surface area contributed by atoms with Crippen molar-refractivity contribution in [2.45, 2.75) is 12.7 Å². The molecule has 0 radical (unpaired) electrons. The minimum Gasteiger partial charge on any atom is -0.438 e. The zero-order valence-corrected chi connectivity index (χ0v) is 18.4. The molecule has 180 valence electrons. The molecule has 3 aromatic heterocycles. The SMILES string of the molecule is O=c1ncn(Cc2ccc(F)cc2-c2cccnc2)c2ccc(Oc3ncccc3C(F)(F)F)cc12. The lowest BCUT2D eigenvalue weighted by Crippen LogP contribution is -2.14. The number of fused-ring (bicyclic) bond motifs is 1. The highest BCUT2D eigenvalue weighted by Crippen LogP contribution is 2.37. The third kappa shape index (κ3) is 4.65. The number of ether oxygens (including phenoxy) is 1. The monoisotopic (exact) mass is 492 g/mol. The standard InChI is InChI=1S/C26H16F4N4O2/c27-18-6-5-17(20(11-18)16-3-1-9-31-13-16)14-34-15-33-24(35)21-12-19(7-8-23(21)34)36-25-22(26(28,29)30)4-2-10-32-25/h1-13,15H,14H2. The lowest BCUT2D eigenvalue weighted by Gasteiger charge is -2.15. The van der Waals surface area contributed by atoms with Crippen LogP contribution >= 0.6 is 0 Å². The molecule has 0 fully saturated rings. The van der Waals surface area contributed by atoms with Crippen LogP contribution < -0.4 is 10.3 Å². The normalized spacial score (nSPS) is 11.6. The van der Waals surface area contributed by atoms with Gasteiger partial charge >= 0.3 is 6.18 Å². The van der Waals surface area contributed by atoms with Gasteiger partial charge in [-0.1, -0.05) is 12.1 Å². The second-order valence-corrected chi connectivity index (χ2v) is 7.86. The van der Waals surface area contributed by atoms with Crippen molar-refractivity contribution in [1.29, 1.82) is 0 Å². The van der Waals surface area contributed by atoms with Gasteiger partial charge in [0.05, 0.1) is 17.2 Å². The molecule has 0 aliphatic rings. The second kappa shape index (κ2) is 9.21. The van der Waals surface area contributed by atoms with Crippen LogP contribution in [0.15, 0.2) is 90.4 Å². The van der Waals surface area contributed by atoms with Crippen molar-refractivity contribution in [3.05, 3.63) is 113 Å². The van der Waals surface area contributed by atoms with Crippen molar-refractivity contribution in [3.8, 4) is 22.8 Å². The Morgan fingerprint density at radius 2 is 1.78 bits per heavy atom. The average Bonchev–Trinajstić information content (AvgIpc) is 2.87. The van der Waals surface area contributed by atoms with Gasteiger partial charge < -0.3 is 9.30 Å². The zero-order valence-electron chi connectivity index (χ0n) is 18.4.